The Hall–Kier alpha value is -0.570. The average Bonchev–Trinajstić information content (AvgIpc) is 2.96. The van der Waals surface area contributed by atoms with Crippen LogP contribution in [-0.4, -0.2) is 30.6 Å². The lowest BCUT2D eigenvalue weighted by atomic mass is 10.0. The highest BCUT2D eigenvalue weighted by Crippen LogP contribution is 2.40. The highest BCUT2D eigenvalue weighted by atomic mass is 79.9. The summed E-state index contributed by atoms with van der Waals surface area (Å²) in [6.45, 7) is 0.591. The molecule has 5 nitrogen and oxygen atoms in total. The van der Waals surface area contributed by atoms with Crippen molar-refractivity contribution in [3.05, 3.63) is 18.2 Å². The van der Waals surface area contributed by atoms with E-state index in [0.717, 1.165) is 42.4 Å². The highest BCUT2D eigenvalue weighted by Gasteiger charge is 2.35. The van der Waals surface area contributed by atoms with Crippen LogP contribution in [0.15, 0.2) is 31.8 Å². The molecule has 0 aliphatic carbocycles. The molecular weight excluding hydrogens is 374 g/mol. The Balaban J connectivity index is 2.00. The van der Waals surface area contributed by atoms with Crippen molar-refractivity contribution in [1.82, 2.24) is 4.31 Å². The molecule has 0 amide bonds. The Morgan fingerprint density at radius 3 is 3.00 bits per heavy atom. The van der Waals surface area contributed by atoms with Crippen LogP contribution in [0, 0.1) is 0 Å². The van der Waals surface area contributed by atoms with Gasteiger partial charge in [0, 0.05) is 17.9 Å². The van der Waals surface area contributed by atoms with E-state index in [1.54, 1.807) is 22.5 Å². The summed E-state index contributed by atoms with van der Waals surface area (Å²) >= 11 is 4.48. The third-order valence-corrected chi connectivity index (χ3v) is 6.83. The Morgan fingerprint density at radius 1 is 1.33 bits per heavy atom. The normalized spacial score (nSPS) is 22.0. The van der Waals surface area contributed by atoms with Gasteiger partial charge in [0.05, 0.1) is 11.4 Å². The van der Waals surface area contributed by atoms with Crippen LogP contribution >= 0.6 is 15.9 Å². The zero-order chi connectivity index (χ0) is 14.9. The standard InChI is InChI=1S/C13H16BrN3O2S2/c14-8-7-10-4-1-2-9-17(10)21(18,19)12-6-3-5-11-13(12)16-20-15-11/h3,5-6,10H,1-2,4,7-9H2. The molecule has 0 aromatic heterocycles. The van der Waals surface area contributed by atoms with E-state index in [1.807, 2.05) is 0 Å². The summed E-state index contributed by atoms with van der Waals surface area (Å²) in [6.07, 6.45) is 3.77. The summed E-state index contributed by atoms with van der Waals surface area (Å²) in [5.74, 6) is 0. The first-order valence-corrected chi connectivity index (χ1v) is 10.2. The molecule has 2 heterocycles. The fraction of sp³-hybridized carbons (Fsp3) is 0.538. The van der Waals surface area contributed by atoms with E-state index >= 15 is 0 Å². The first-order valence-electron chi connectivity index (χ1n) is 6.93. The molecule has 0 radical (unpaired) electrons. The molecule has 3 rings (SSSR count). The molecular formula is C13H16BrN3O2S2. The summed E-state index contributed by atoms with van der Waals surface area (Å²) in [5, 5.41) is 0.812. The van der Waals surface area contributed by atoms with E-state index in [9.17, 15) is 8.42 Å². The van der Waals surface area contributed by atoms with Crippen LogP contribution < -0.4 is 0 Å². The van der Waals surface area contributed by atoms with Crippen LogP contribution in [0.2, 0.25) is 0 Å². The van der Waals surface area contributed by atoms with Gasteiger partial charge in [-0.2, -0.15) is 13.0 Å². The lowest BCUT2D eigenvalue weighted by Crippen LogP contribution is -2.43. The SMILES string of the molecule is O=S(=O)(c1cccc2c1N=S=N2)N1CCCCC1CCBr. The molecule has 1 aromatic rings. The Labute approximate surface area is 136 Å². The third kappa shape index (κ3) is 2.86. The molecule has 114 valence electrons. The van der Waals surface area contributed by atoms with Crippen molar-refractivity contribution in [2.75, 3.05) is 11.9 Å². The number of piperidine rings is 1. The van der Waals surface area contributed by atoms with Crippen molar-refractivity contribution >= 4 is 48.7 Å². The molecule has 1 saturated heterocycles. The molecule has 0 spiro atoms. The minimum Gasteiger partial charge on any atom is -0.207 e. The predicted molar refractivity (Wildman–Crippen MR) is 87.9 cm³/mol. The van der Waals surface area contributed by atoms with Crippen molar-refractivity contribution in [1.29, 1.82) is 0 Å². The number of sulfonamides is 1. The summed E-state index contributed by atoms with van der Waals surface area (Å²) in [7, 11) is -3.51. The predicted octanol–water partition coefficient (Wildman–Crippen LogP) is 3.74. The van der Waals surface area contributed by atoms with Gasteiger partial charge in [0.1, 0.15) is 16.3 Å². The Bertz CT molecular complexity index is 712. The van der Waals surface area contributed by atoms with E-state index in [0.29, 0.717) is 17.9 Å². The Morgan fingerprint density at radius 2 is 2.19 bits per heavy atom. The monoisotopic (exact) mass is 389 g/mol. The van der Waals surface area contributed by atoms with Gasteiger partial charge in [-0.1, -0.05) is 28.4 Å². The maximum Gasteiger partial charge on any atom is 0.245 e. The highest BCUT2D eigenvalue weighted by molar-refractivity contribution is 9.09. The quantitative estimate of drug-likeness (QED) is 0.747. The second kappa shape index (κ2) is 6.28. The summed E-state index contributed by atoms with van der Waals surface area (Å²) in [5.41, 5.74) is 1.14. The molecule has 2 aliphatic heterocycles. The van der Waals surface area contributed by atoms with Gasteiger partial charge >= 0.3 is 0 Å². The summed E-state index contributed by atoms with van der Waals surface area (Å²) < 4.78 is 36.0. The number of alkyl halides is 1. The Kier molecular flexibility index (Phi) is 4.58. The zero-order valence-electron chi connectivity index (χ0n) is 11.4. The summed E-state index contributed by atoms with van der Waals surface area (Å²) in [6, 6.07) is 5.24. The van der Waals surface area contributed by atoms with Gasteiger partial charge in [-0.25, -0.2) is 8.42 Å². The smallest absolute Gasteiger partial charge is 0.207 e. The molecule has 0 bridgehead atoms. The lowest BCUT2D eigenvalue weighted by molar-refractivity contribution is 0.248. The first-order chi connectivity index (χ1) is 10.1. The molecule has 1 atom stereocenters. The van der Waals surface area contributed by atoms with Crippen LogP contribution in [0.5, 0.6) is 0 Å². The first kappa shape index (κ1) is 15.3. The van der Waals surface area contributed by atoms with Crippen molar-refractivity contribution in [2.45, 2.75) is 36.6 Å². The molecule has 2 aliphatic rings. The van der Waals surface area contributed by atoms with E-state index in [1.165, 1.54) is 0 Å². The van der Waals surface area contributed by atoms with E-state index < -0.39 is 10.0 Å². The topological polar surface area (TPSA) is 62.1 Å². The molecule has 21 heavy (non-hydrogen) atoms. The van der Waals surface area contributed by atoms with E-state index in [2.05, 4.69) is 24.7 Å². The minimum atomic E-state index is -3.51. The maximum atomic E-state index is 13.0. The zero-order valence-corrected chi connectivity index (χ0v) is 14.6. The molecule has 8 heteroatoms. The van der Waals surface area contributed by atoms with Crippen molar-refractivity contribution in [3.8, 4) is 0 Å². The molecule has 1 unspecified atom stereocenters. The van der Waals surface area contributed by atoms with Gasteiger partial charge in [-0.05, 0) is 31.4 Å². The van der Waals surface area contributed by atoms with Crippen LogP contribution in [0.25, 0.3) is 0 Å². The molecule has 0 saturated carbocycles. The second-order valence-corrected chi connectivity index (χ2v) is 8.31. The number of benzene rings is 1. The number of rotatable bonds is 4. The average molecular weight is 390 g/mol. The van der Waals surface area contributed by atoms with Crippen LogP contribution in [0.4, 0.5) is 11.4 Å². The number of fused-ring (bicyclic) bond motifs is 1. The van der Waals surface area contributed by atoms with Gasteiger partial charge < -0.3 is 0 Å². The van der Waals surface area contributed by atoms with Crippen LogP contribution in [0.1, 0.15) is 25.7 Å². The number of nitrogens with zero attached hydrogens (tertiary/aromatic N) is 3. The fourth-order valence-corrected chi connectivity index (χ4v) is 5.83. The number of hydrogen-bond donors (Lipinski definition) is 0. The third-order valence-electron chi connectivity index (χ3n) is 3.85. The van der Waals surface area contributed by atoms with Gasteiger partial charge in [-0.15, -0.1) is 0 Å². The van der Waals surface area contributed by atoms with E-state index in [-0.39, 0.29) is 10.9 Å². The lowest BCUT2D eigenvalue weighted by Gasteiger charge is -2.34. The van der Waals surface area contributed by atoms with Gasteiger partial charge in [0.15, 0.2) is 0 Å². The fourth-order valence-electron chi connectivity index (χ4n) is 2.82. The minimum absolute atomic E-state index is 0.0741. The largest absolute Gasteiger partial charge is 0.245 e. The van der Waals surface area contributed by atoms with Gasteiger partial charge in [0.25, 0.3) is 0 Å². The van der Waals surface area contributed by atoms with Crippen LogP contribution in [0.3, 0.4) is 0 Å². The second-order valence-electron chi connectivity index (χ2n) is 5.13. The van der Waals surface area contributed by atoms with Crippen molar-refractivity contribution in [3.63, 3.8) is 0 Å². The van der Waals surface area contributed by atoms with E-state index in [4.69, 9.17) is 0 Å². The number of halogens is 1. The number of hydrogen-bond acceptors (Lipinski definition) is 4. The van der Waals surface area contributed by atoms with Crippen molar-refractivity contribution in [2.24, 2.45) is 8.73 Å². The van der Waals surface area contributed by atoms with Gasteiger partial charge in [-0.3, -0.25) is 0 Å². The maximum absolute atomic E-state index is 13.0. The molecule has 0 N–H and O–H groups in total. The van der Waals surface area contributed by atoms with Crippen LogP contribution in [-0.2, 0) is 21.4 Å². The molecule has 1 aromatic carbocycles. The van der Waals surface area contributed by atoms with Gasteiger partial charge in [0.2, 0.25) is 10.0 Å². The summed E-state index contributed by atoms with van der Waals surface area (Å²) in [4.78, 5) is 0.287. The van der Waals surface area contributed by atoms with Crippen molar-refractivity contribution < 1.29 is 8.42 Å². The molecule has 1 fully saturated rings.